The molecule has 2 heterocycles. The molecular weight excluding hydrogens is 340 g/mol. The van der Waals surface area contributed by atoms with Gasteiger partial charge in [0.1, 0.15) is 0 Å². The summed E-state index contributed by atoms with van der Waals surface area (Å²) in [4.78, 5) is 50.7. The first-order valence-electron chi connectivity index (χ1n) is 8.15. The topological polar surface area (TPSA) is 119 Å². The first kappa shape index (κ1) is 18.2. The standard InChI is InChI=1S/C18H20N2O6/c1-17(2,7-21)19-13(23)9-5-11-12(6-10(9)14(19)24)16(26)20(15(11)25)18(3,4)8-22/h5-6,21-22H,7-8H2,1-4H3. The number of aromatic nitrogens is 2. The SMILES string of the molecule is CC(C)(CO)n1c(=O)c2cc3c(=O)n(C(C)(C)CO)c(=O)c3cc2c1=O. The molecule has 0 amide bonds. The Bertz CT molecular complexity index is 1060. The van der Waals surface area contributed by atoms with Gasteiger partial charge >= 0.3 is 0 Å². The smallest absolute Gasteiger partial charge is 0.262 e. The number of benzene rings is 1. The summed E-state index contributed by atoms with van der Waals surface area (Å²) in [7, 11) is 0. The molecular formula is C18H20N2O6. The Morgan fingerprint density at radius 1 is 0.654 bits per heavy atom. The van der Waals surface area contributed by atoms with E-state index in [2.05, 4.69) is 0 Å². The molecule has 0 fully saturated rings. The molecule has 0 aliphatic rings. The number of fused-ring (bicyclic) bond motifs is 2. The molecule has 138 valence electrons. The van der Waals surface area contributed by atoms with Gasteiger partial charge in [0, 0.05) is 0 Å². The third-order valence-electron chi connectivity index (χ3n) is 4.88. The van der Waals surface area contributed by atoms with Gasteiger partial charge in [0.2, 0.25) is 0 Å². The fourth-order valence-electron chi connectivity index (χ4n) is 3.21. The van der Waals surface area contributed by atoms with Crippen LogP contribution in [0.2, 0.25) is 0 Å². The molecule has 0 aliphatic carbocycles. The zero-order valence-electron chi connectivity index (χ0n) is 15.0. The minimum absolute atomic E-state index is 0.0279. The van der Waals surface area contributed by atoms with Gasteiger partial charge in [-0.2, -0.15) is 0 Å². The molecule has 0 spiro atoms. The Morgan fingerprint density at radius 2 is 0.885 bits per heavy atom. The van der Waals surface area contributed by atoms with Crippen LogP contribution in [-0.2, 0) is 11.1 Å². The van der Waals surface area contributed by atoms with Crippen molar-refractivity contribution < 1.29 is 10.2 Å². The minimum atomic E-state index is -1.11. The van der Waals surface area contributed by atoms with E-state index in [1.165, 1.54) is 12.1 Å². The van der Waals surface area contributed by atoms with E-state index in [0.717, 1.165) is 9.13 Å². The summed E-state index contributed by atoms with van der Waals surface area (Å²) in [6.07, 6.45) is 0. The highest BCUT2D eigenvalue weighted by molar-refractivity contribution is 5.97. The molecule has 0 radical (unpaired) electrons. The molecule has 0 atom stereocenters. The quantitative estimate of drug-likeness (QED) is 0.639. The maximum absolute atomic E-state index is 12.7. The number of aliphatic hydroxyl groups excluding tert-OH is 2. The molecule has 0 saturated carbocycles. The zero-order valence-corrected chi connectivity index (χ0v) is 15.0. The van der Waals surface area contributed by atoms with Gasteiger partial charge in [0.15, 0.2) is 0 Å². The average molecular weight is 360 g/mol. The molecule has 26 heavy (non-hydrogen) atoms. The van der Waals surface area contributed by atoms with E-state index in [0.29, 0.717) is 0 Å². The average Bonchev–Trinajstić information content (AvgIpc) is 2.98. The Labute approximate surface area is 147 Å². The third-order valence-corrected chi connectivity index (χ3v) is 4.88. The number of rotatable bonds is 4. The van der Waals surface area contributed by atoms with E-state index in [1.807, 2.05) is 0 Å². The van der Waals surface area contributed by atoms with Gasteiger partial charge in [0.05, 0.1) is 45.8 Å². The summed E-state index contributed by atoms with van der Waals surface area (Å²) in [5, 5.41) is 19.1. The monoisotopic (exact) mass is 360 g/mol. The fraction of sp³-hybridized carbons (Fsp3) is 0.444. The summed E-state index contributed by atoms with van der Waals surface area (Å²) >= 11 is 0. The van der Waals surface area contributed by atoms with Crippen LogP contribution in [0.5, 0.6) is 0 Å². The van der Waals surface area contributed by atoms with Crippen LogP contribution < -0.4 is 22.2 Å². The first-order chi connectivity index (χ1) is 12.0. The first-order valence-corrected chi connectivity index (χ1v) is 8.15. The summed E-state index contributed by atoms with van der Waals surface area (Å²) in [5.74, 6) is 0. The van der Waals surface area contributed by atoms with Crippen LogP contribution in [0.25, 0.3) is 21.5 Å². The molecule has 8 nitrogen and oxygen atoms in total. The van der Waals surface area contributed by atoms with E-state index in [-0.39, 0.29) is 21.5 Å². The van der Waals surface area contributed by atoms with Gasteiger partial charge in [-0.05, 0) is 39.8 Å². The summed E-state index contributed by atoms with van der Waals surface area (Å²) in [6, 6.07) is 2.51. The number of nitrogens with zero attached hydrogens (tertiary/aromatic N) is 2. The van der Waals surface area contributed by atoms with E-state index >= 15 is 0 Å². The highest BCUT2D eigenvalue weighted by atomic mass is 16.3. The summed E-state index contributed by atoms with van der Waals surface area (Å²) in [5.41, 5.74) is -4.70. The summed E-state index contributed by atoms with van der Waals surface area (Å²) in [6.45, 7) is 5.34. The van der Waals surface area contributed by atoms with Crippen molar-refractivity contribution in [2.45, 2.75) is 38.8 Å². The molecule has 2 N–H and O–H groups in total. The lowest BCUT2D eigenvalue weighted by atomic mass is 10.1. The molecule has 0 saturated heterocycles. The molecule has 8 heteroatoms. The summed E-state index contributed by atoms with van der Waals surface area (Å²) < 4.78 is 1.88. The van der Waals surface area contributed by atoms with Gasteiger partial charge in [-0.1, -0.05) is 0 Å². The highest BCUT2D eigenvalue weighted by Gasteiger charge is 2.30. The number of hydrogen-bond donors (Lipinski definition) is 2. The number of hydrogen-bond acceptors (Lipinski definition) is 6. The van der Waals surface area contributed by atoms with Crippen LogP contribution in [0, 0.1) is 0 Å². The van der Waals surface area contributed by atoms with Crippen molar-refractivity contribution >= 4 is 21.5 Å². The van der Waals surface area contributed by atoms with Crippen LogP contribution in [0.15, 0.2) is 31.3 Å². The van der Waals surface area contributed by atoms with Gasteiger partial charge in [0.25, 0.3) is 22.2 Å². The highest BCUT2D eigenvalue weighted by Crippen LogP contribution is 2.19. The van der Waals surface area contributed by atoms with Crippen molar-refractivity contribution in [2.75, 3.05) is 13.2 Å². The van der Waals surface area contributed by atoms with E-state index in [1.54, 1.807) is 27.7 Å². The van der Waals surface area contributed by atoms with Crippen LogP contribution in [0.4, 0.5) is 0 Å². The van der Waals surface area contributed by atoms with Crippen molar-refractivity contribution in [3.05, 3.63) is 53.5 Å². The van der Waals surface area contributed by atoms with E-state index in [9.17, 15) is 29.4 Å². The van der Waals surface area contributed by atoms with Gasteiger partial charge in [-0.15, -0.1) is 0 Å². The van der Waals surface area contributed by atoms with Crippen molar-refractivity contribution in [3.63, 3.8) is 0 Å². The molecule has 2 aromatic heterocycles. The predicted molar refractivity (Wildman–Crippen MR) is 97.7 cm³/mol. The van der Waals surface area contributed by atoms with Gasteiger partial charge in [-0.25, -0.2) is 0 Å². The number of aliphatic hydroxyl groups is 2. The van der Waals surface area contributed by atoms with Crippen molar-refractivity contribution in [3.8, 4) is 0 Å². The largest absolute Gasteiger partial charge is 0.394 e. The molecule has 0 unspecified atom stereocenters. The Balaban J connectivity index is 2.51. The Kier molecular flexibility index (Phi) is 3.82. The third kappa shape index (κ3) is 2.22. The Hall–Kier alpha value is -2.58. The van der Waals surface area contributed by atoms with Crippen LogP contribution in [0.3, 0.4) is 0 Å². The predicted octanol–water partition coefficient (Wildman–Crippen LogP) is -0.633. The maximum Gasteiger partial charge on any atom is 0.262 e. The maximum atomic E-state index is 12.7. The van der Waals surface area contributed by atoms with Crippen molar-refractivity contribution in [1.29, 1.82) is 0 Å². The lowest BCUT2D eigenvalue weighted by molar-refractivity contribution is 0.159. The molecule has 3 aromatic rings. The van der Waals surface area contributed by atoms with Gasteiger partial charge in [-0.3, -0.25) is 28.3 Å². The fourth-order valence-corrected chi connectivity index (χ4v) is 3.21. The van der Waals surface area contributed by atoms with Crippen molar-refractivity contribution in [2.24, 2.45) is 0 Å². The second-order valence-electron chi connectivity index (χ2n) is 7.78. The van der Waals surface area contributed by atoms with Crippen molar-refractivity contribution in [1.82, 2.24) is 9.13 Å². The lowest BCUT2D eigenvalue weighted by Crippen LogP contribution is -2.43. The second kappa shape index (κ2) is 5.46. The minimum Gasteiger partial charge on any atom is -0.394 e. The van der Waals surface area contributed by atoms with Crippen LogP contribution in [-0.4, -0.2) is 32.6 Å². The van der Waals surface area contributed by atoms with E-state index in [4.69, 9.17) is 0 Å². The van der Waals surface area contributed by atoms with Crippen LogP contribution >= 0.6 is 0 Å². The lowest BCUT2D eigenvalue weighted by Gasteiger charge is -2.21. The zero-order chi connectivity index (χ0) is 19.6. The second-order valence-corrected chi connectivity index (χ2v) is 7.78. The molecule has 1 aromatic carbocycles. The normalized spacial score (nSPS) is 13.2. The van der Waals surface area contributed by atoms with Crippen LogP contribution in [0.1, 0.15) is 27.7 Å². The van der Waals surface area contributed by atoms with Gasteiger partial charge < -0.3 is 10.2 Å². The molecule has 0 aliphatic heterocycles. The Morgan fingerprint density at radius 3 is 1.08 bits per heavy atom. The molecule has 0 bridgehead atoms. The molecule has 3 rings (SSSR count). The van der Waals surface area contributed by atoms with E-state index < -0.39 is 46.5 Å².